The van der Waals surface area contributed by atoms with Crippen molar-refractivity contribution in [1.29, 1.82) is 0 Å². The standard InChI is InChI=1S/C17H25NO/c1-19-12-16-5-3-2-4-15(16)10-18-11-17(13-6-7-13)14-8-9-14/h2-5,13-14,17-18H,6-12H2,1H3. The number of methoxy groups -OCH3 is 1. The van der Waals surface area contributed by atoms with Gasteiger partial charge >= 0.3 is 0 Å². The maximum Gasteiger partial charge on any atom is 0.0716 e. The minimum Gasteiger partial charge on any atom is -0.380 e. The Labute approximate surface area is 116 Å². The minimum absolute atomic E-state index is 0.715. The van der Waals surface area contributed by atoms with E-state index in [1.165, 1.54) is 43.4 Å². The third-order valence-electron chi connectivity index (χ3n) is 4.57. The Kier molecular flexibility index (Phi) is 4.19. The highest BCUT2D eigenvalue weighted by Gasteiger charge is 2.40. The molecule has 0 atom stereocenters. The molecule has 0 amide bonds. The van der Waals surface area contributed by atoms with Gasteiger partial charge in [-0.25, -0.2) is 0 Å². The average molecular weight is 259 g/mol. The van der Waals surface area contributed by atoms with Crippen LogP contribution in [-0.4, -0.2) is 13.7 Å². The third-order valence-corrected chi connectivity index (χ3v) is 4.57. The SMILES string of the molecule is COCc1ccccc1CNCC(C1CC1)C1CC1. The quantitative estimate of drug-likeness (QED) is 0.773. The predicted molar refractivity (Wildman–Crippen MR) is 77.8 cm³/mol. The van der Waals surface area contributed by atoms with Crippen LogP contribution < -0.4 is 5.32 Å². The van der Waals surface area contributed by atoms with E-state index in [0.717, 1.165) is 24.3 Å². The molecule has 2 saturated carbocycles. The Morgan fingerprint density at radius 3 is 2.32 bits per heavy atom. The summed E-state index contributed by atoms with van der Waals surface area (Å²) in [5.74, 6) is 3.03. The normalized spacial score (nSPS) is 19.1. The van der Waals surface area contributed by atoms with E-state index in [1.54, 1.807) is 7.11 Å². The second-order valence-corrected chi connectivity index (χ2v) is 6.17. The summed E-state index contributed by atoms with van der Waals surface area (Å²) < 4.78 is 5.26. The number of rotatable bonds is 8. The molecule has 0 unspecified atom stereocenters. The van der Waals surface area contributed by atoms with Gasteiger partial charge in [0.15, 0.2) is 0 Å². The molecule has 2 fully saturated rings. The molecule has 0 heterocycles. The van der Waals surface area contributed by atoms with E-state index in [4.69, 9.17) is 4.74 Å². The van der Waals surface area contributed by atoms with Gasteiger partial charge < -0.3 is 10.1 Å². The monoisotopic (exact) mass is 259 g/mol. The highest BCUT2D eigenvalue weighted by atomic mass is 16.5. The van der Waals surface area contributed by atoms with Crippen molar-refractivity contribution in [3.05, 3.63) is 35.4 Å². The van der Waals surface area contributed by atoms with Gasteiger partial charge in [-0.05, 0) is 61.1 Å². The molecular weight excluding hydrogens is 234 g/mol. The smallest absolute Gasteiger partial charge is 0.0716 e. The fourth-order valence-corrected chi connectivity index (χ4v) is 3.17. The van der Waals surface area contributed by atoms with Gasteiger partial charge in [0, 0.05) is 13.7 Å². The van der Waals surface area contributed by atoms with Gasteiger partial charge in [-0.1, -0.05) is 24.3 Å². The van der Waals surface area contributed by atoms with Gasteiger partial charge in [-0.2, -0.15) is 0 Å². The summed E-state index contributed by atoms with van der Waals surface area (Å²) in [7, 11) is 1.76. The lowest BCUT2D eigenvalue weighted by Gasteiger charge is -2.17. The molecule has 0 radical (unpaired) electrons. The lowest BCUT2D eigenvalue weighted by molar-refractivity contribution is 0.184. The van der Waals surface area contributed by atoms with Crippen LogP contribution in [0.3, 0.4) is 0 Å². The van der Waals surface area contributed by atoms with Crippen molar-refractivity contribution in [2.45, 2.75) is 38.8 Å². The Morgan fingerprint density at radius 1 is 1.11 bits per heavy atom. The van der Waals surface area contributed by atoms with Crippen LogP contribution in [0, 0.1) is 17.8 Å². The highest BCUT2D eigenvalue weighted by molar-refractivity contribution is 5.26. The average Bonchev–Trinajstić information content (AvgIpc) is 3.28. The molecule has 19 heavy (non-hydrogen) atoms. The Morgan fingerprint density at radius 2 is 1.74 bits per heavy atom. The third kappa shape index (κ3) is 3.58. The molecule has 1 aromatic carbocycles. The molecule has 2 nitrogen and oxygen atoms in total. The molecule has 0 aliphatic heterocycles. The maximum absolute atomic E-state index is 5.26. The number of ether oxygens (including phenoxy) is 1. The first-order valence-corrected chi connectivity index (χ1v) is 7.65. The van der Waals surface area contributed by atoms with E-state index >= 15 is 0 Å². The van der Waals surface area contributed by atoms with Crippen molar-refractivity contribution in [1.82, 2.24) is 5.32 Å². The molecular formula is C17H25NO. The summed E-state index contributed by atoms with van der Waals surface area (Å²) in [5, 5.41) is 3.69. The van der Waals surface area contributed by atoms with Gasteiger partial charge in [-0.3, -0.25) is 0 Å². The first kappa shape index (κ1) is 13.1. The molecule has 0 spiro atoms. The first-order chi connectivity index (χ1) is 9.38. The van der Waals surface area contributed by atoms with Crippen molar-refractivity contribution in [2.75, 3.05) is 13.7 Å². The summed E-state index contributed by atoms with van der Waals surface area (Å²) in [6.07, 6.45) is 5.90. The molecule has 2 heteroatoms. The second-order valence-electron chi connectivity index (χ2n) is 6.17. The topological polar surface area (TPSA) is 21.3 Å². The largest absolute Gasteiger partial charge is 0.380 e. The molecule has 1 N–H and O–H groups in total. The summed E-state index contributed by atoms with van der Waals surface area (Å²) in [6, 6.07) is 8.59. The zero-order chi connectivity index (χ0) is 13.1. The van der Waals surface area contributed by atoms with Gasteiger partial charge in [0.25, 0.3) is 0 Å². The van der Waals surface area contributed by atoms with Gasteiger partial charge in [0.2, 0.25) is 0 Å². The number of hydrogen-bond donors (Lipinski definition) is 1. The highest BCUT2D eigenvalue weighted by Crippen LogP contribution is 2.48. The van der Waals surface area contributed by atoms with Crippen LogP contribution >= 0.6 is 0 Å². The molecule has 3 rings (SSSR count). The lowest BCUT2D eigenvalue weighted by atomic mass is 9.98. The van der Waals surface area contributed by atoms with E-state index in [0.29, 0.717) is 6.61 Å². The first-order valence-electron chi connectivity index (χ1n) is 7.65. The van der Waals surface area contributed by atoms with Crippen molar-refractivity contribution in [2.24, 2.45) is 17.8 Å². The van der Waals surface area contributed by atoms with Crippen LogP contribution in [0.15, 0.2) is 24.3 Å². The molecule has 104 valence electrons. The summed E-state index contributed by atoms with van der Waals surface area (Å²) >= 11 is 0. The fraction of sp³-hybridized carbons (Fsp3) is 0.647. The van der Waals surface area contributed by atoms with Crippen LogP contribution in [0.1, 0.15) is 36.8 Å². The van der Waals surface area contributed by atoms with E-state index in [9.17, 15) is 0 Å². The zero-order valence-electron chi connectivity index (χ0n) is 11.9. The number of benzene rings is 1. The Hall–Kier alpha value is -0.860. The van der Waals surface area contributed by atoms with Crippen molar-refractivity contribution >= 4 is 0 Å². The second kappa shape index (κ2) is 6.06. The molecule has 2 aliphatic carbocycles. The van der Waals surface area contributed by atoms with Crippen molar-refractivity contribution in [3.63, 3.8) is 0 Å². The van der Waals surface area contributed by atoms with Crippen molar-refractivity contribution < 1.29 is 4.74 Å². The van der Waals surface area contributed by atoms with Gasteiger partial charge in [-0.15, -0.1) is 0 Å². The lowest BCUT2D eigenvalue weighted by Crippen LogP contribution is -2.25. The summed E-state index contributed by atoms with van der Waals surface area (Å²) in [4.78, 5) is 0. The minimum atomic E-state index is 0.715. The molecule has 0 saturated heterocycles. The molecule has 2 aliphatic rings. The summed E-state index contributed by atoms with van der Waals surface area (Å²) in [6.45, 7) is 2.90. The molecule has 0 aromatic heterocycles. The Balaban J connectivity index is 1.51. The molecule has 0 bridgehead atoms. The molecule has 1 aromatic rings. The van der Waals surface area contributed by atoms with E-state index in [1.807, 2.05) is 0 Å². The summed E-state index contributed by atoms with van der Waals surface area (Å²) in [5.41, 5.74) is 2.70. The maximum atomic E-state index is 5.26. The van der Waals surface area contributed by atoms with Crippen LogP contribution in [0.5, 0.6) is 0 Å². The zero-order valence-corrected chi connectivity index (χ0v) is 11.9. The van der Waals surface area contributed by atoms with E-state index < -0.39 is 0 Å². The van der Waals surface area contributed by atoms with Gasteiger partial charge in [0.1, 0.15) is 0 Å². The van der Waals surface area contributed by atoms with E-state index in [-0.39, 0.29) is 0 Å². The van der Waals surface area contributed by atoms with E-state index in [2.05, 4.69) is 29.6 Å². The Bertz CT molecular complexity index is 397. The predicted octanol–water partition coefficient (Wildman–Crippen LogP) is 3.36. The van der Waals surface area contributed by atoms with Crippen molar-refractivity contribution in [3.8, 4) is 0 Å². The van der Waals surface area contributed by atoms with Crippen LogP contribution in [0.4, 0.5) is 0 Å². The number of nitrogens with one attached hydrogen (secondary N) is 1. The van der Waals surface area contributed by atoms with Crippen LogP contribution in [-0.2, 0) is 17.9 Å². The van der Waals surface area contributed by atoms with Crippen LogP contribution in [0.2, 0.25) is 0 Å². The fourth-order valence-electron chi connectivity index (χ4n) is 3.17. The van der Waals surface area contributed by atoms with Gasteiger partial charge in [0.05, 0.1) is 6.61 Å². The van der Waals surface area contributed by atoms with Crippen LogP contribution in [0.25, 0.3) is 0 Å². The number of hydrogen-bond acceptors (Lipinski definition) is 2.